The fraction of sp³-hybridized carbons (Fsp3) is 0.320. The Kier molecular flexibility index (Phi) is 6.84. The fourth-order valence-electron chi connectivity index (χ4n) is 3.96. The van der Waals surface area contributed by atoms with Gasteiger partial charge in [-0.2, -0.15) is 5.10 Å². The topological polar surface area (TPSA) is 74.6 Å². The second-order valence-corrected chi connectivity index (χ2v) is 8.03. The van der Waals surface area contributed by atoms with Crippen LogP contribution in [0.25, 0.3) is 5.69 Å². The number of amides is 1. The van der Waals surface area contributed by atoms with Crippen molar-refractivity contribution in [3.63, 3.8) is 0 Å². The summed E-state index contributed by atoms with van der Waals surface area (Å²) in [6.07, 6.45) is 4.99. The van der Waals surface area contributed by atoms with E-state index in [2.05, 4.69) is 51.9 Å². The lowest BCUT2D eigenvalue weighted by Gasteiger charge is -2.19. The van der Waals surface area contributed by atoms with Crippen LogP contribution in [0.3, 0.4) is 0 Å². The van der Waals surface area contributed by atoms with E-state index >= 15 is 0 Å². The van der Waals surface area contributed by atoms with Crippen LogP contribution < -0.4 is 10.6 Å². The number of carbonyl (C=O) groups is 1. The van der Waals surface area contributed by atoms with Crippen molar-refractivity contribution in [2.45, 2.75) is 38.9 Å². The van der Waals surface area contributed by atoms with E-state index in [1.807, 2.05) is 46.1 Å². The van der Waals surface area contributed by atoms with Crippen molar-refractivity contribution in [2.75, 3.05) is 13.6 Å². The smallest absolute Gasteiger partial charge is 0.223 e. The molecule has 1 atom stereocenters. The van der Waals surface area contributed by atoms with Gasteiger partial charge in [0, 0.05) is 45.5 Å². The standard InChI is InChI=1S/C25H30N6O/c1-19(20-10-5-11-23(16-20)31-15-7-14-28-31)29-25(26-2)27-13-6-12-24(32)30-17-21-8-3-4-9-22(21)18-30/h3-5,7-11,14-16,19H,6,12-13,17-18H2,1-2H3,(H2,26,27,29). The van der Waals surface area contributed by atoms with Crippen LogP contribution in [0, 0.1) is 0 Å². The summed E-state index contributed by atoms with van der Waals surface area (Å²) in [5, 5.41) is 11.0. The third kappa shape index (κ3) is 5.17. The fourth-order valence-corrected chi connectivity index (χ4v) is 3.96. The van der Waals surface area contributed by atoms with E-state index in [0.29, 0.717) is 13.0 Å². The first kappa shape index (κ1) is 21.6. The Labute approximate surface area is 189 Å². The molecule has 7 heteroatoms. The molecule has 1 aliphatic rings. The van der Waals surface area contributed by atoms with Crippen LogP contribution in [0.4, 0.5) is 0 Å². The highest BCUT2D eigenvalue weighted by molar-refractivity contribution is 5.80. The molecule has 4 rings (SSSR count). The zero-order chi connectivity index (χ0) is 22.3. The van der Waals surface area contributed by atoms with Crippen LogP contribution in [0.2, 0.25) is 0 Å². The van der Waals surface area contributed by atoms with Crippen molar-refractivity contribution < 1.29 is 4.79 Å². The minimum atomic E-state index is 0.0708. The van der Waals surface area contributed by atoms with Crippen LogP contribution >= 0.6 is 0 Å². The maximum absolute atomic E-state index is 12.6. The van der Waals surface area contributed by atoms with E-state index in [1.54, 1.807) is 13.2 Å². The molecule has 1 aromatic heterocycles. The van der Waals surface area contributed by atoms with E-state index in [4.69, 9.17) is 0 Å². The highest BCUT2D eigenvalue weighted by Gasteiger charge is 2.22. The van der Waals surface area contributed by atoms with Gasteiger partial charge in [0.2, 0.25) is 5.91 Å². The summed E-state index contributed by atoms with van der Waals surface area (Å²) in [5.41, 5.74) is 4.68. The Morgan fingerprint density at radius 1 is 1.12 bits per heavy atom. The lowest BCUT2D eigenvalue weighted by atomic mass is 10.1. The minimum Gasteiger partial charge on any atom is -0.356 e. The SMILES string of the molecule is CN=C(NCCCC(=O)N1Cc2ccccc2C1)NC(C)c1cccc(-n2cccn2)c1. The molecular weight excluding hydrogens is 400 g/mol. The molecule has 2 aromatic carbocycles. The average Bonchev–Trinajstić information content (AvgIpc) is 3.51. The highest BCUT2D eigenvalue weighted by Crippen LogP contribution is 2.23. The number of aromatic nitrogens is 2. The number of nitrogens with zero attached hydrogens (tertiary/aromatic N) is 4. The van der Waals surface area contributed by atoms with Crippen molar-refractivity contribution in [1.29, 1.82) is 0 Å². The molecule has 0 bridgehead atoms. The summed E-state index contributed by atoms with van der Waals surface area (Å²) in [6.45, 7) is 4.23. The molecule has 1 aliphatic heterocycles. The number of hydrogen-bond acceptors (Lipinski definition) is 3. The maximum atomic E-state index is 12.6. The van der Waals surface area contributed by atoms with E-state index in [1.165, 1.54) is 11.1 Å². The van der Waals surface area contributed by atoms with Crippen molar-refractivity contribution in [3.05, 3.63) is 83.7 Å². The number of hydrogen-bond donors (Lipinski definition) is 2. The van der Waals surface area contributed by atoms with Crippen molar-refractivity contribution in [1.82, 2.24) is 25.3 Å². The van der Waals surface area contributed by atoms with Gasteiger partial charge in [0.05, 0.1) is 11.7 Å². The van der Waals surface area contributed by atoms with Gasteiger partial charge in [0.15, 0.2) is 5.96 Å². The molecule has 0 spiro atoms. The van der Waals surface area contributed by atoms with Crippen LogP contribution in [0.5, 0.6) is 0 Å². The molecule has 0 fully saturated rings. The van der Waals surface area contributed by atoms with Gasteiger partial charge >= 0.3 is 0 Å². The first-order valence-electron chi connectivity index (χ1n) is 11.1. The largest absolute Gasteiger partial charge is 0.356 e. The highest BCUT2D eigenvalue weighted by atomic mass is 16.2. The molecule has 166 valence electrons. The van der Waals surface area contributed by atoms with Gasteiger partial charge in [-0.25, -0.2) is 4.68 Å². The van der Waals surface area contributed by atoms with Crippen LogP contribution in [0.1, 0.15) is 42.5 Å². The van der Waals surface area contributed by atoms with Gasteiger partial charge in [-0.1, -0.05) is 36.4 Å². The summed E-state index contributed by atoms with van der Waals surface area (Å²) < 4.78 is 1.85. The van der Waals surface area contributed by atoms with E-state index in [9.17, 15) is 4.79 Å². The monoisotopic (exact) mass is 430 g/mol. The average molecular weight is 431 g/mol. The predicted octanol–water partition coefficient (Wildman–Crippen LogP) is 3.42. The number of aliphatic imine (C=N–C) groups is 1. The number of nitrogens with one attached hydrogen (secondary N) is 2. The first-order valence-corrected chi connectivity index (χ1v) is 11.1. The maximum Gasteiger partial charge on any atom is 0.223 e. The second kappa shape index (κ2) is 10.1. The molecule has 7 nitrogen and oxygen atoms in total. The van der Waals surface area contributed by atoms with Gasteiger partial charge in [-0.15, -0.1) is 0 Å². The quantitative estimate of drug-likeness (QED) is 0.342. The molecular formula is C25H30N6O. The zero-order valence-electron chi connectivity index (χ0n) is 18.7. The minimum absolute atomic E-state index is 0.0708. The van der Waals surface area contributed by atoms with E-state index in [-0.39, 0.29) is 11.9 Å². The molecule has 2 N–H and O–H groups in total. The summed E-state index contributed by atoms with van der Waals surface area (Å²) in [5.74, 6) is 0.928. The Balaban J connectivity index is 1.22. The number of fused-ring (bicyclic) bond motifs is 1. The molecule has 0 saturated heterocycles. The number of benzene rings is 2. The molecule has 1 unspecified atom stereocenters. The molecule has 2 heterocycles. The number of guanidine groups is 1. The van der Waals surface area contributed by atoms with E-state index in [0.717, 1.165) is 36.7 Å². The molecule has 3 aromatic rings. The van der Waals surface area contributed by atoms with Gasteiger partial charge in [-0.05, 0) is 48.2 Å². The van der Waals surface area contributed by atoms with Crippen LogP contribution in [-0.4, -0.2) is 40.1 Å². The Morgan fingerprint density at radius 3 is 2.59 bits per heavy atom. The third-order valence-corrected chi connectivity index (χ3v) is 5.77. The van der Waals surface area contributed by atoms with Crippen molar-refractivity contribution >= 4 is 11.9 Å². The molecule has 32 heavy (non-hydrogen) atoms. The predicted molar refractivity (Wildman–Crippen MR) is 126 cm³/mol. The zero-order valence-corrected chi connectivity index (χ0v) is 18.7. The van der Waals surface area contributed by atoms with Crippen molar-refractivity contribution in [3.8, 4) is 5.69 Å². The Bertz CT molecular complexity index is 1050. The molecule has 0 aliphatic carbocycles. The second-order valence-electron chi connectivity index (χ2n) is 8.03. The van der Waals surface area contributed by atoms with Gasteiger partial charge in [0.25, 0.3) is 0 Å². The molecule has 0 saturated carbocycles. The van der Waals surface area contributed by atoms with E-state index < -0.39 is 0 Å². The summed E-state index contributed by atoms with van der Waals surface area (Å²) >= 11 is 0. The lowest BCUT2D eigenvalue weighted by Crippen LogP contribution is -2.39. The summed E-state index contributed by atoms with van der Waals surface area (Å²) in [6, 6.07) is 18.5. The Hall–Kier alpha value is -3.61. The molecule has 1 amide bonds. The first-order chi connectivity index (χ1) is 15.6. The number of carbonyl (C=O) groups excluding carboxylic acids is 1. The lowest BCUT2D eigenvalue weighted by molar-refractivity contribution is -0.131. The van der Waals surface area contributed by atoms with Gasteiger partial charge < -0.3 is 15.5 Å². The summed E-state index contributed by atoms with van der Waals surface area (Å²) in [7, 11) is 1.76. The summed E-state index contributed by atoms with van der Waals surface area (Å²) in [4.78, 5) is 18.8. The van der Waals surface area contributed by atoms with Crippen molar-refractivity contribution in [2.24, 2.45) is 4.99 Å². The van der Waals surface area contributed by atoms with Crippen LogP contribution in [0.15, 0.2) is 72.0 Å². The van der Waals surface area contributed by atoms with Gasteiger partial charge in [-0.3, -0.25) is 9.79 Å². The Morgan fingerprint density at radius 2 is 1.91 bits per heavy atom. The third-order valence-electron chi connectivity index (χ3n) is 5.77. The normalized spacial score (nSPS) is 14.2. The number of rotatable bonds is 7. The molecule has 0 radical (unpaired) electrons. The van der Waals surface area contributed by atoms with Crippen LogP contribution in [-0.2, 0) is 17.9 Å². The van der Waals surface area contributed by atoms with Gasteiger partial charge in [0.1, 0.15) is 0 Å².